The second-order valence-electron chi connectivity index (χ2n) is 7.33. The van der Waals surface area contributed by atoms with Gasteiger partial charge in [-0.15, -0.1) is 0 Å². The van der Waals surface area contributed by atoms with Crippen LogP contribution in [-0.2, 0) is 35.3 Å². The van der Waals surface area contributed by atoms with Crippen LogP contribution in [0.25, 0.3) is 0 Å². The molecule has 2 aliphatic rings. The van der Waals surface area contributed by atoms with Crippen molar-refractivity contribution in [2.45, 2.75) is 11.5 Å². The van der Waals surface area contributed by atoms with Crippen molar-refractivity contribution in [1.29, 1.82) is 0 Å². The summed E-state index contributed by atoms with van der Waals surface area (Å²) in [6, 6.07) is 7.95. The zero-order valence-electron chi connectivity index (χ0n) is 31.5. The number of carbonyl (C=O) groups is 2. The van der Waals surface area contributed by atoms with Gasteiger partial charge < -0.3 is 31.6 Å². The number of hydrogen-bond donors (Lipinski definition) is 4. The number of rotatable bonds is 8. The molecule has 0 saturated carbocycles. The summed E-state index contributed by atoms with van der Waals surface area (Å²) < 4.78 is 9.62. The van der Waals surface area contributed by atoms with Crippen LogP contribution >= 0.6 is 90.7 Å². The number of thioether (sulfide) groups is 3. The summed E-state index contributed by atoms with van der Waals surface area (Å²) in [5.74, 6) is 3.68. The topological polar surface area (TPSA) is 197 Å². The summed E-state index contributed by atoms with van der Waals surface area (Å²) in [6.07, 6.45) is 19.5. The molecule has 2 amide bonds. The molecular formula is C32H56N4O8S8. The maximum Gasteiger partial charge on any atom is 0.407 e. The summed E-state index contributed by atoms with van der Waals surface area (Å²) in [4.78, 5) is 55.8. The molecule has 6 N–H and O–H groups in total. The Bertz CT molecular complexity index is 1020. The number of allylic oxidation sites excluding steroid dienone is 5. The van der Waals surface area contributed by atoms with E-state index in [0.717, 1.165) is 21.8 Å². The van der Waals surface area contributed by atoms with Crippen LogP contribution in [0.4, 0.5) is 9.59 Å². The van der Waals surface area contributed by atoms with E-state index in [9.17, 15) is 9.59 Å². The zero-order chi connectivity index (χ0) is 41.8. The minimum absolute atomic E-state index is 0.250. The largest absolute Gasteiger partial charge is 0.449 e. The van der Waals surface area contributed by atoms with Crippen LogP contribution in [0.15, 0.2) is 65.6 Å². The number of nitrogens with one attached hydrogen (secondary N) is 2. The van der Waals surface area contributed by atoms with E-state index >= 15 is 0 Å². The monoisotopic (exact) mass is 880 g/mol. The van der Waals surface area contributed by atoms with E-state index < -0.39 is 6.09 Å². The van der Waals surface area contributed by atoms with Crippen molar-refractivity contribution in [3.05, 3.63) is 66.3 Å². The lowest BCUT2D eigenvalue weighted by Crippen LogP contribution is -2.20. The smallest absolute Gasteiger partial charge is 0.407 e. The molecule has 1 saturated heterocycles. The van der Waals surface area contributed by atoms with Gasteiger partial charge in [0.15, 0.2) is 0 Å². The Morgan fingerprint density at radius 1 is 0.788 bits per heavy atom. The molecule has 1 fully saturated rings. The summed E-state index contributed by atoms with van der Waals surface area (Å²) in [5, 5.41) is 4.76. The molecule has 1 heterocycles. The molecule has 0 unspecified atom stereocenters. The Balaban J connectivity index is -0.0000000959. The molecule has 300 valence electrons. The number of thiocarbonyl (C=S) groups is 1. The number of nitrogens with two attached hydrogens (primary N) is 2. The van der Waals surface area contributed by atoms with Gasteiger partial charge in [-0.25, -0.2) is 9.59 Å². The van der Waals surface area contributed by atoms with Crippen molar-refractivity contribution in [3.8, 4) is 0 Å². The second-order valence-corrected chi connectivity index (χ2v) is 15.8. The van der Waals surface area contributed by atoms with Gasteiger partial charge in [-0.1, -0.05) is 86.3 Å². The molecule has 52 heavy (non-hydrogen) atoms. The predicted octanol–water partition coefficient (Wildman–Crippen LogP) is 6.98. The van der Waals surface area contributed by atoms with E-state index in [1.807, 2.05) is 97.9 Å². The fourth-order valence-corrected chi connectivity index (χ4v) is 4.28. The van der Waals surface area contributed by atoms with Gasteiger partial charge in [0.1, 0.15) is 13.2 Å². The minimum atomic E-state index is -0.405. The second kappa shape index (κ2) is 64.2. The lowest BCUT2D eigenvalue weighted by Gasteiger charge is -2.04. The van der Waals surface area contributed by atoms with Crippen LogP contribution in [0.1, 0.15) is 5.56 Å². The van der Waals surface area contributed by atoms with Gasteiger partial charge in [-0.05, 0) is 87.1 Å². The highest BCUT2D eigenvalue weighted by atomic mass is 33.1. The average molecular weight is 881 g/mol. The van der Waals surface area contributed by atoms with Crippen molar-refractivity contribution in [1.82, 2.24) is 10.6 Å². The molecule has 0 atom stereocenters. The van der Waals surface area contributed by atoms with E-state index in [4.69, 9.17) is 40.9 Å². The van der Waals surface area contributed by atoms with Crippen molar-refractivity contribution in [2.24, 2.45) is 11.5 Å². The fraction of sp³-hybridized carbons (Fsp3) is 0.469. The van der Waals surface area contributed by atoms with Gasteiger partial charge in [0, 0.05) is 41.1 Å². The van der Waals surface area contributed by atoms with Gasteiger partial charge >= 0.3 is 24.5 Å². The maximum absolute atomic E-state index is 10.8. The molecule has 0 aromatic heterocycles. The summed E-state index contributed by atoms with van der Waals surface area (Å²) in [6.45, 7) is 4.50. The molecule has 3 rings (SSSR count). The molecule has 1 aromatic carbocycles. The number of carbonyl (C=O) groups excluding carboxylic acids is 6. The van der Waals surface area contributed by atoms with Crippen LogP contribution in [0, 0.1) is 0 Å². The van der Waals surface area contributed by atoms with E-state index in [1.54, 1.807) is 80.8 Å². The first kappa shape index (κ1) is 65.1. The first-order chi connectivity index (χ1) is 25.0. The maximum atomic E-state index is 10.8. The third-order valence-electron chi connectivity index (χ3n) is 3.53. The molecule has 0 bridgehead atoms. The highest BCUT2D eigenvalue weighted by Gasteiger charge is 2.00. The Morgan fingerprint density at radius 2 is 1.17 bits per heavy atom. The standard InChI is InChI=1S/C10H13NO2S2.C7H6S.C5H11NO2S2.C2H4S.2C2H6S.2CH5N.2CO2/c1-11-10(12)13-7-8-3-5-9(6-4-8)15-14-2;1-6-2-4-7(8)5-3-6;1-6-5(7)8-3-4-10-9-2;1-2-3-1;2*1-3-2;2*1-2;2*2-1-3/h3-6H,7H2,1-2H3,(H,11,12);2-5H,1H2;3-4H2,1-2H3,(H,6,7);1-2H2;2*1-2H3;2*2H2,1H3;;. The predicted molar refractivity (Wildman–Crippen MR) is 238 cm³/mol. The third-order valence-corrected chi connectivity index (χ3v) is 7.69. The number of alkyl carbamates (subject to hydrolysis) is 2. The lowest BCUT2D eigenvalue weighted by atomic mass is 10.1. The van der Waals surface area contributed by atoms with Crippen LogP contribution in [0.5, 0.6) is 0 Å². The van der Waals surface area contributed by atoms with Crippen LogP contribution in [0.2, 0.25) is 0 Å². The Kier molecular flexibility index (Phi) is 80.4. The van der Waals surface area contributed by atoms with Crippen molar-refractivity contribution >= 4 is 120 Å². The lowest BCUT2D eigenvalue weighted by molar-refractivity contribution is -0.193. The van der Waals surface area contributed by atoms with Crippen molar-refractivity contribution in [2.75, 3.05) is 89.6 Å². The van der Waals surface area contributed by atoms with E-state index in [-0.39, 0.29) is 18.4 Å². The molecular weight excluding hydrogens is 825 g/mol. The first-order valence-electron chi connectivity index (χ1n) is 14.3. The van der Waals surface area contributed by atoms with Crippen LogP contribution < -0.4 is 22.1 Å². The number of ether oxygens (including phenoxy) is 2. The molecule has 1 aromatic rings. The SMILES string of the molecule is C1CS1.C=C1C=CC(=S)C=C1.CN.CN.CNC(=O)OCCSSC.CNC(=O)OCc1ccc(SSC)cc1.CSC.CSC.O=C=O.O=C=O. The molecule has 20 heteroatoms. The molecule has 0 spiro atoms. The van der Waals surface area contributed by atoms with Crippen LogP contribution in [0.3, 0.4) is 0 Å². The number of hydrogen-bond acceptors (Lipinski definition) is 18. The number of benzene rings is 1. The normalized spacial score (nSPS) is 9.85. The third kappa shape index (κ3) is 77.6. The number of amides is 2. The van der Waals surface area contributed by atoms with E-state index in [1.165, 1.54) is 30.5 Å². The van der Waals surface area contributed by atoms with E-state index in [2.05, 4.69) is 28.7 Å². The average Bonchev–Trinajstić information content (AvgIpc) is 4.05. The highest BCUT2D eigenvalue weighted by Crippen LogP contribution is 2.28. The summed E-state index contributed by atoms with van der Waals surface area (Å²) >= 11 is 10.3. The Morgan fingerprint density at radius 3 is 1.48 bits per heavy atom. The fourth-order valence-electron chi connectivity index (χ4n) is 1.77. The molecule has 0 radical (unpaired) electrons. The van der Waals surface area contributed by atoms with Gasteiger partial charge in [0.2, 0.25) is 0 Å². The Hall–Kier alpha value is -1.80. The first-order valence-corrected chi connectivity index (χ1v) is 24.4. The van der Waals surface area contributed by atoms with Gasteiger partial charge in [-0.2, -0.15) is 54.5 Å². The van der Waals surface area contributed by atoms with Crippen LogP contribution in [-0.4, -0.2) is 119 Å². The van der Waals surface area contributed by atoms with Gasteiger partial charge in [-0.3, -0.25) is 0 Å². The van der Waals surface area contributed by atoms with Gasteiger partial charge in [0.05, 0.1) is 0 Å². The Labute approximate surface area is 345 Å². The van der Waals surface area contributed by atoms with Crippen molar-refractivity contribution in [3.63, 3.8) is 0 Å². The minimum Gasteiger partial charge on any atom is -0.449 e. The molecule has 1 aliphatic heterocycles. The summed E-state index contributed by atoms with van der Waals surface area (Å²) in [5.41, 5.74) is 11.0. The molecule has 1 aliphatic carbocycles. The molecule has 12 nitrogen and oxygen atoms in total. The van der Waals surface area contributed by atoms with Gasteiger partial charge in [0.25, 0.3) is 0 Å². The quantitative estimate of drug-likeness (QED) is 0.0902. The zero-order valence-corrected chi connectivity index (χ0v) is 38.1. The van der Waals surface area contributed by atoms with Crippen molar-refractivity contribution < 1.29 is 38.2 Å². The highest BCUT2D eigenvalue weighted by molar-refractivity contribution is 8.76. The summed E-state index contributed by atoms with van der Waals surface area (Å²) in [7, 11) is 12.8. The van der Waals surface area contributed by atoms with E-state index in [0.29, 0.717) is 13.2 Å².